The van der Waals surface area contributed by atoms with Gasteiger partial charge in [0.05, 0.1) is 16.1 Å². The van der Waals surface area contributed by atoms with Gasteiger partial charge >= 0.3 is 0 Å². The zero-order valence-corrected chi connectivity index (χ0v) is 27.0. The normalized spacial score (nSPS) is 23.4. The molecule has 1 saturated heterocycles. The number of Topliss-reactive ketones (excluding diaryl/α,β-unsaturated/α-hetero) is 2. The van der Waals surface area contributed by atoms with Crippen molar-refractivity contribution < 1.29 is 27.5 Å². The maximum absolute atomic E-state index is 13.8. The van der Waals surface area contributed by atoms with Gasteiger partial charge < -0.3 is 9.47 Å². The van der Waals surface area contributed by atoms with Gasteiger partial charge in [-0.2, -0.15) is 0 Å². The molecule has 2 fully saturated rings. The van der Waals surface area contributed by atoms with Crippen molar-refractivity contribution in [2.75, 3.05) is 6.26 Å². The number of hydrogen-bond donors (Lipinski definition) is 0. The topological polar surface area (TPSA) is 113 Å². The highest BCUT2D eigenvalue weighted by Crippen LogP contribution is 2.55. The van der Waals surface area contributed by atoms with Crippen LogP contribution < -0.4 is 0 Å². The third-order valence-corrected chi connectivity index (χ3v) is 10.5. The Bertz CT molecular complexity index is 1760. The van der Waals surface area contributed by atoms with E-state index in [0.717, 1.165) is 23.8 Å². The van der Waals surface area contributed by atoms with Crippen LogP contribution in [0.4, 0.5) is 0 Å². The van der Waals surface area contributed by atoms with Gasteiger partial charge in [-0.15, -0.1) is 0 Å². The molecule has 4 atom stereocenters. The molecule has 2 aliphatic rings. The number of benzene rings is 3. The maximum atomic E-state index is 13.8. The van der Waals surface area contributed by atoms with E-state index in [9.17, 15) is 18.0 Å². The molecule has 1 spiro atoms. The van der Waals surface area contributed by atoms with Gasteiger partial charge in [-0.3, -0.25) is 14.6 Å². The fraction of sp³-hybridized carbons (Fsp3) is 0.333. The second-order valence-corrected chi connectivity index (χ2v) is 14.5. The van der Waals surface area contributed by atoms with Crippen LogP contribution in [0.3, 0.4) is 0 Å². The molecule has 46 heavy (non-hydrogen) atoms. The second kappa shape index (κ2) is 13.5. The zero-order valence-electron chi connectivity index (χ0n) is 25.4. The molecule has 4 aromatic rings. The minimum Gasteiger partial charge on any atom is -0.339 e. The van der Waals surface area contributed by atoms with Gasteiger partial charge in [-0.25, -0.2) is 13.4 Å². The monoisotopic (exact) mass is 658 g/mol. The van der Waals surface area contributed by atoms with Crippen molar-refractivity contribution in [2.24, 2.45) is 5.92 Å². The number of ether oxygens (including phenoxy) is 2. The molecule has 0 amide bonds. The molecule has 1 saturated carbocycles. The molecule has 2 heterocycles. The summed E-state index contributed by atoms with van der Waals surface area (Å²) in [6, 6.07) is 24.8. The number of carbonyl (C=O) groups is 2. The molecule has 6 rings (SSSR count). The fourth-order valence-corrected chi connectivity index (χ4v) is 8.01. The number of ketones is 2. The van der Waals surface area contributed by atoms with Crippen LogP contribution in [-0.4, -0.2) is 42.0 Å². The molecule has 3 aromatic carbocycles. The Morgan fingerprint density at radius 2 is 1.59 bits per heavy atom. The Labute approximate surface area is 274 Å². The smallest absolute Gasteiger partial charge is 0.183 e. The van der Waals surface area contributed by atoms with E-state index in [0.29, 0.717) is 24.8 Å². The summed E-state index contributed by atoms with van der Waals surface area (Å²) in [4.78, 5) is 34.6. The molecule has 1 aliphatic heterocycles. The zero-order chi connectivity index (χ0) is 32.3. The lowest BCUT2D eigenvalue weighted by atomic mass is 9.83. The standard InChI is InChI=1S/C36H35ClN2O6S/c1-46(42,43)33-15-12-27(21-29(33)37)28(31(40)13-14-32(41)30-23-38-18-19-39-30)20-24-16-17-36(22-24)44-34(25-8-4-2-5-9-25)35(45-36)26-10-6-3-7-11-26/h2-12,15,18-19,21,23-24,28,34-35H,13-14,16-17,20,22H2,1H3. The van der Waals surface area contributed by atoms with Gasteiger partial charge in [0, 0.05) is 50.3 Å². The van der Waals surface area contributed by atoms with E-state index >= 15 is 0 Å². The summed E-state index contributed by atoms with van der Waals surface area (Å²) in [7, 11) is -3.55. The van der Waals surface area contributed by atoms with E-state index in [1.54, 1.807) is 12.1 Å². The summed E-state index contributed by atoms with van der Waals surface area (Å²) in [5.74, 6) is -1.73. The number of sulfone groups is 1. The van der Waals surface area contributed by atoms with Crippen LogP contribution in [0.2, 0.25) is 5.02 Å². The highest BCUT2D eigenvalue weighted by atomic mass is 35.5. The number of nitrogens with zero attached hydrogens (tertiary/aromatic N) is 2. The highest BCUT2D eigenvalue weighted by Gasteiger charge is 2.52. The molecule has 0 bridgehead atoms. The molecule has 1 aromatic heterocycles. The molecule has 1 aliphatic carbocycles. The predicted octanol–water partition coefficient (Wildman–Crippen LogP) is 7.27. The third kappa shape index (κ3) is 7.13. The lowest BCUT2D eigenvalue weighted by molar-refractivity contribution is -0.173. The fourth-order valence-electron chi connectivity index (χ4n) is 6.67. The molecular weight excluding hydrogens is 624 g/mol. The molecular formula is C36H35ClN2O6S. The minimum absolute atomic E-state index is 0.00253. The Balaban J connectivity index is 1.23. The quantitative estimate of drug-likeness (QED) is 0.155. The highest BCUT2D eigenvalue weighted by molar-refractivity contribution is 7.90. The van der Waals surface area contributed by atoms with E-state index in [2.05, 4.69) is 34.2 Å². The lowest BCUT2D eigenvalue weighted by Crippen LogP contribution is -2.27. The molecule has 10 heteroatoms. The molecule has 0 N–H and O–H groups in total. The van der Waals surface area contributed by atoms with E-state index in [1.807, 2.05) is 36.4 Å². The van der Waals surface area contributed by atoms with E-state index in [-0.39, 0.29) is 58.1 Å². The van der Waals surface area contributed by atoms with Crippen molar-refractivity contribution in [1.29, 1.82) is 0 Å². The van der Waals surface area contributed by atoms with Crippen molar-refractivity contribution in [3.05, 3.63) is 125 Å². The van der Waals surface area contributed by atoms with Crippen LogP contribution >= 0.6 is 11.6 Å². The Morgan fingerprint density at radius 1 is 0.935 bits per heavy atom. The number of halogens is 1. The number of aromatic nitrogens is 2. The van der Waals surface area contributed by atoms with Crippen molar-refractivity contribution in [1.82, 2.24) is 9.97 Å². The van der Waals surface area contributed by atoms with Crippen LogP contribution in [0, 0.1) is 5.92 Å². The van der Waals surface area contributed by atoms with Crippen molar-refractivity contribution >= 4 is 33.0 Å². The minimum atomic E-state index is -3.55. The average molecular weight is 659 g/mol. The van der Waals surface area contributed by atoms with Crippen LogP contribution in [0.15, 0.2) is 102 Å². The van der Waals surface area contributed by atoms with Gasteiger partial charge in [0.1, 0.15) is 23.7 Å². The van der Waals surface area contributed by atoms with Crippen LogP contribution in [-0.2, 0) is 24.1 Å². The maximum Gasteiger partial charge on any atom is 0.183 e. The van der Waals surface area contributed by atoms with Crippen molar-refractivity contribution in [2.45, 2.75) is 67.3 Å². The average Bonchev–Trinajstić information content (AvgIpc) is 3.65. The van der Waals surface area contributed by atoms with Crippen molar-refractivity contribution in [3.63, 3.8) is 0 Å². The number of rotatable bonds is 11. The Kier molecular flexibility index (Phi) is 9.47. The van der Waals surface area contributed by atoms with Crippen LogP contribution in [0.1, 0.15) is 83.8 Å². The largest absolute Gasteiger partial charge is 0.339 e. The van der Waals surface area contributed by atoms with E-state index < -0.39 is 21.5 Å². The Morgan fingerprint density at radius 3 is 2.15 bits per heavy atom. The summed E-state index contributed by atoms with van der Waals surface area (Å²) in [5.41, 5.74) is 2.91. The van der Waals surface area contributed by atoms with Gasteiger partial charge in [0.2, 0.25) is 0 Å². The van der Waals surface area contributed by atoms with Gasteiger partial charge in [-0.1, -0.05) is 78.3 Å². The Hall–Kier alpha value is -3.76. The first kappa shape index (κ1) is 32.2. The predicted molar refractivity (Wildman–Crippen MR) is 173 cm³/mol. The first-order chi connectivity index (χ1) is 22.1. The summed E-state index contributed by atoms with van der Waals surface area (Å²) in [5, 5.41) is 0.0650. The second-order valence-electron chi connectivity index (χ2n) is 12.1. The van der Waals surface area contributed by atoms with Crippen LogP contribution in [0.5, 0.6) is 0 Å². The summed E-state index contributed by atoms with van der Waals surface area (Å²) < 4.78 is 38.0. The number of carbonyl (C=O) groups excluding carboxylic acids is 2. The number of hydrogen-bond acceptors (Lipinski definition) is 8. The molecule has 0 radical (unpaired) electrons. The SMILES string of the molecule is CS(=O)(=O)c1ccc(C(CC2CCC3(C2)OC(c2ccccc2)C(c2ccccc2)O3)C(=O)CCC(=O)c2cnccn2)cc1Cl. The summed E-state index contributed by atoms with van der Waals surface area (Å²) in [6.45, 7) is 0. The molecule has 238 valence electrons. The first-order valence-electron chi connectivity index (χ1n) is 15.4. The van der Waals surface area contributed by atoms with Gasteiger partial charge in [-0.05, 0) is 47.6 Å². The van der Waals surface area contributed by atoms with Gasteiger partial charge in [0.25, 0.3) is 0 Å². The first-order valence-corrected chi connectivity index (χ1v) is 17.7. The molecule has 8 nitrogen and oxygen atoms in total. The van der Waals surface area contributed by atoms with Gasteiger partial charge in [0.15, 0.2) is 21.4 Å². The van der Waals surface area contributed by atoms with Crippen molar-refractivity contribution in [3.8, 4) is 0 Å². The summed E-state index contributed by atoms with van der Waals surface area (Å²) in [6.07, 6.45) is 7.36. The lowest BCUT2D eigenvalue weighted by Gasteiger charge is -2.25. The van der Waals surface area contributed by atoms with E-state index in [4.69, 9.17) is 21.1 Å². The molecule has 4 unspecified atom stereocenters. The van der Waals surface area contributed by atoms with Crippen LogP contribution in [0.25, 0.3) is 0 Å². The van der Waals surface area contributed by atoms with E-state index in [1.165, 1.54) is 24.7 Å². The third-order valence-electron chi connectivity index (χ3n) is 8.91. The summed E-state index contributed by atoms with van der Waals surface area (Å²) >= 11 is 6.43.